The Kier molecular flexibility index (Phi) is 4.73. The summed E-state index contributed by atoms with van der Waals surface area (Å²) in [6.07, 6.45) is 0. The quantitative estimate of drug-likeness (QED) is 0.837. The maximum Gasteiger partial charge on any atom is 0.320 e. The Morgan fingerprint density at radius 1 is 1.28 bits per heavy atom. The zero-order chi connectivity index (χ0) is 13.0. The van der Waals surface area contributed by atoms with E-state index in [1.165, 1.54) is 0 Å². The van der Waals surface area contributed by atoms with Crippen LogP contribution in [0.4, 0.5) is 11.7 Å². The maximum absolute atomic E-state index is 5.45. The number of nitrogens with zero attached hydrogens (tertiary/aromatic N) is 2. The number of rotatable bonds is 5. The number of benzene rings is 1. The van der Waals surface area contributed by atoms with Crippen molar-refractivity contribution in [3.63, 3.8) is 0 Å². The second-order valence-corrected chi connectivity index (χ2v) is 5.30. The van der Waals surface area contributed by atoms with Gasteiger partial charge in [0.15, 0.2) is 0 Å². The molecule has 0 atom stereocenters. The number of hydrogen-bond donors (Lipinski definition) is 2. The van der Waals surface area contributed by atoms with Crippen LogP contribution in [0.5, 0.6) is 0 Å². The van der Waals surface area contributed by atoms with Gasteiger partial charge in [0.05, 0.1) is 12.2 Å². The van der Waals surface area contributed by atoms with Gasteiger partial charge >= 0.3 is 6.01 Å². The summed E-state index contributed by atoms with van der Waals surface area (Å²) >= 11 is 6.86. The number of nitrogens with one attached hydrogen (secondary N) is 2. The first-order valence-corrected chi connectivity index (χ1v) is 7.03. The van der Waals surface area contributed by atoms with Crippen molar-refractivity contribution in [1.29, 1.82) is 0 Å². The van der Waals surface area contributed by atoms with Gasteiger partial charge in [-0.3, -0.25) is 0 Å². The molecule has 2 aromatic rings. The topological polar surface area (TPSA) is 63.0 Å². The summed E-state index contributed by atoms with van der Waals surface area (Å²) in [6, 6.07) is 6.18. The Labute approximate surface area is 122 Å². The molecule has 1 heterocycles. The molecule has 0 fully saturated rings. The Morgan fingerprint density at radius 3 is 2.89 bits per heavy atom. The van der Waals surface area contributed by atoms with E-state index in [1.807, 2.05) is 25.1 Å². The van der Waals surface area contributed by atoms with Crippen LogP contribution < -0.4 is 10.6 Å². The maximum atomic E-state index is 5.45. The second-order valence-electron chi connectivity index (χ2n) is 3.53. The lowest BCUT2D eigenvalue weighted by Gasteiger charge is -2.04. The largest absolute Gasteiger partial charge is 0.406 e. The molecular weight excluding hydrogens is 364 g/mol. The third-order valence-corrected chi connectivity index (χ3v) is 3.35. The molecule has 5 nitrogen and oxygen atoms in total. The number of halogens is 2. The van der Waals surface area contributed by atoms with Crippen molar-refractivity contribution in [3.8, 4) is 0 Å². The van der Waals surface area contributed by atoms with Crippen LogP contribution in [0.15, 0.2) is 31.6 Å². The molecule has 0 radical (unpaired) electrons. The molecule has 0 saturated heterocycles. The zero-order valence-corrected chi connectivity index (χ0v) is 12.9. The molecule has 0 saturated carbocycles. The van der Waals surface area contributed by atoms with Crippen molar-refractivity contribution in [1.82, 2.24) is 15.5 Å². The Hall–Kier alpha value is -0.920. The summed E-state index contributed by atoms with van der Waals surface area (Å²) < 4.78 is 7.35. The molecule has 0 aliphatic rings. The highest BCUT2D eigenvalue weighted by atomic mass is 79.9. The standard InChI is InChI=1S/C11H12Br2N4O/c1-2-14-6-10-16-17-11(18-10)15-9-5-7(12)3-4-8(9)13/h3-5,14H,2,6H2,1H3,(H,15,17). The van der Waals surface area contributed by atoms with Gasteiger partial charge in [-0.2, -0.15) is 0 Å². The summed E-state index contributed by atoms with van der Waals surface area (Å²) in [7, 11) is 0. The van der Waals surface area contributed by atoms with Crippen LogP contribution >= 0.6 is 31.9 Å². The van der Waals surface area contributed by atoms with Crippen molar-refractivity contribution in [3.05, 3.63) is 33.0 Å². The molecule has 1 aromatic carbocycles. The van der Waals surface area contributed by atoms with E-state index >= 15 is 0 Å². The van der Waals surface area contributed by atoms with Gasteiger partial charge in [0.25, 0.3) is 0 Å². The van der Waals surface area contributed by atoms with Gasteiger partial charge in [-0.05, 0) is 40.7 Å². The highest BCUT2D eigenvalue weighted by Gasteiger charge is 2.07. The summed E-state index contributed by atoms with van der Waals surface area (Å²) in [5, 5.41) is 14.1. The van der Waals surface area contributed by atoms with Crippen LogP contribution in [0.2, 0.25) is 0 Å². The van der Waals surface area contributed by atoms with Crippen molar-refractivity contribution in [2.45, 2.75) is 13.5 Å². The SMILES string of the molecule is CCNCc1nnc(Nc2cc(Br)ccc2Br)o1. The van der Waals surface area contributed by atoms with Gasteiger partial charge in [0.1, 0.15) is 0 Å². The first-order chi connectivity index (χ1) is 8.69. The lowest BCUT2D eigenvalue weighted by Crippen LogP contribution is -2.11. The second kappa shape index (κ2) is 6.31. The van der Waals surface area contributed by atoms with E-state index in [4.69, 9.17) is 4.42 Å². The molecule has 0 bridgehead atoms. The van der Waals surface area contributed by atoms with Gasteiger partial charge in [-0.15, -0.1) is 5.10 Å². The van der Waals surface area contributed by atoms with Crippen LogP contribution in [0, 0.1) is 0 Å². The first kappa shape index (κ1) is 13.5. The number of aromatic nitrogens is 2. The summed E-state index contributed by atoms with van der Waals surface area (Å²) in [6.45, 7) is 3.46. The van der Waals surface area contributed by atoms with E-state index in [0.29, 0.717) is 18.5 Å². The summed E-state index contributed by atoms with van der Waals surface area (Å²) in [4.78, 5) is 0. The molecule has 2 N–H and O–H groups in total. The number of anilines is 2. The fourth-order valence-electron chi connectivity index (χ4n) is 1.32. The molecule has 0 aliphatic carbocycles. The summed E-state index contributed by atoms with van der Waals surface area (Å²) in [5.41, 5.74) is 0.864. The molecule has 0 amide bonds. The monoisotopic (exact) mass is 374 g/mol. The fraction of sp³-hybridized carbons (Fsp3) is 0.273. The van der Waals surface area contributed by atoms with Gasteiger partial charge in [-0.1, -0.05) is 28.0 Å². The minimum absolute atomic E-state index is 0.377. The third kappa shape index (κ3) is 3.54. The van der Waals surface area contributed by atoms with Gasteiger partial charge in [-0.25, -0.2) is 0 Å². The molecule has 0 aliphatic heterocycles. The third-order valence-electron chi connectivity index (χ3n) is 2.16. The van der Waals surface area contributed by atoms with E-state index in [0.717, 1.165) is 21.2 Å². The normalized spacial score (nSPS) is 10.6. The van der Waals surface area contributed by atoms with Gasteiger partial charge < -0.3 is 15.1 Å². The van der Waals surface area contributed by atoms with Gasteiger partial charge in [0, 0.05) is 8.95 Å². The first-order valence-electron chi connectivity index (χ1n) is 5.44. The molecule has 0 spiro atoms. The molecule has 18 heavy (non-hydrogen) atoms. The van der Waals surface area contributed by atoms with Crippen LogP contribution in [-0.2, 0) is 6.54 Å². The molecule has 1 aromatic heterocycles. The zero-order valence-electron chi connectivity index (χ0n) is 9.70. The summed E-state index contributed by atoms with van der Waals surface area (Å²) in [5.74, 6) is 0.561. The molecule has 7 heteroatoms. The predicted octanol–water partition coefficient (Wildman–Crippen LogP) is 3.45. The minimum atomic E-state index is 0.377. The Morgan fingerprint density at radius 2 is 2.11 bits per heavy atom. The predicted molar refractivity (Wildman–Crippen MR) is 76.8 cm³/mol. The smallest absolute Gasteiger partial charge is 0.320 e. The molecule has 2 rings (SSSR count). The van der Waals surface area contributed by atoms with Crippen molar-refractivity contribution >= 4 is 43.6 Å². The average Bonchev–Trinajstić information content (AvgIpc) is 2.79. The lowest BCUT2D eigenvalue weighted by atomic mass is 10.3. The fourth-order valence-corrected chi connectivity index (χ4v) is 2.02. The van der Waals surface area contributed by atoms with E-state index in [9.17, 15) is 0 Å². The van der Waals surface area contributed by atoms with Crippen LogP contribution in [0.3, 0.4) is 0 Å². The van der Waals surface area contributed by atoms with E-state index in [2.05, 4.69) is 52.7 Å². The molecule has 0 unspecified atom stereocenters. The minimum Gasteiger partial charge on any atom is -0.406 e. The van der Waals surface area contributed by atoms with Crippen LogP contribution in [0.25, 0.3) is 0 Å². The highest BCUT2D eigenvalue weighted by Crippen LogP contribution is 2.28. The van der Waals surface area contributed by atoms with E-state index < -0.39 is 0 Å². The van der Waals surface area contributed by atoms with Crippen LogP contribution in [-0.4, -0.2) is 16.7 Å². The van der Waals surface area contributed by atoms with E-state index in [-0.39, 0.29) is 0 Å². The van der Waals surface area contributed by atoms with Crippen molar-refractivity contribution in [2.24, 2.45) is 0 Å². The Bertz CT molecular complexity index is 530. The van der Waals surface area contributed by atoms with E-state index in [1.54, 1.807) is 0 Å². The Balaban J connectivity index is 2.08. The van der Waals surface area contributed by atoms with Gasteiger partial charge in [0.2, 0.25) is 5.89 Å². The lowest BCUT2D eigenvalue weighted by molar-refractivity contribution is 0.484. The van der Waals surface area contributed by atoms with Crippen LogP contribution in [0.1, 0.15) is 12.8 Å². The highest BCUT2D eigenvalue weighted by molar-refractivity contribution is 9.11. The average molecular weight is 376 g/mol. The van der Waals surface area contributed by atoms with Crippen molar-refractivity contribution in [2.75, 3.05) is 11.9 Å². The molecular formula is C11H12Br2N4O. The molecule has 96 valence electrons. The number of hydrogen-bond acceptors (Lipinski definition) is 5. The van der Waals surface area contributed by atoms with Crippen molar-refractivity contribution < 1.29 is 4.42 Å².